The molecule has 0 aromatic heterocycles. The van der Waals surface area contributed by atoms with Crippen LogP contribution in [0.2, 0.25) is 0 Å². The van der Waals surface area contributed by atoms with E-state index in [2.05, 4.69) is 50.3 Å². The Bertz CT molecular complexity index is 753. The van der Waals surface area contributed by atoms with Crippen molar-refractivity contribution in [3.8, 4) is 0 Å². The topological polar surface area (TPSA) is 63.6 Å². The first kappa shape index (κ1) is 45.2. The van der Waals surface area contributed by atoms with E-state index in [-0.39, 0.29) is 18.5 Å². The number of aliphatic carboxylic acids is 1. The number of carbonyl (C=O) groups is 2. The lowest BCUT2D eigenvalue weighted by molar-refractivity contribution is -0.150. The monoisotopic (exact) mass is 659 g/mol. The molecule has 1 atom stereocenters. The second-order valence-electron chi connectivity index (χ2n) is 13.8. The lowest BCUT2D eigenvalue weighted by Gasteiger charge is -2.18. The Balaban J connectivity index is 4.12. The average molecular weight is 659 g/mol. The van der Waals surface area contributed by atoms with Crippen molar-refractivity contribution in [2.75, 3.05) is 0 Å². The van der Waals surface area contributed by atoms with Crippen molar-refractivity contribution in [2.45, 2.75) is 225 Å². The van der Waals surface area contributed by atoms with E-state index in [9.17, 15) is 9.59 Å². The van der Waals surface area contributed by atoms with Gasteiger partial charge in [-0.05, 0) is 96.3 Å². The highest BCUT2D eigenvalue weighted by Gasteiger charge is 2.14. The van der Waals surface area contributed by atoms with Crippen LogP contribution in [0.15, 0.2) is 36.5 Å². The predicted octanol–water partition coefficient (Wildman–Crippen LogP) is 14.2. The van der Waals surface area contributed by atoms with Crippen LogP contribution in [-0.2, 0) is 14.3 Å². The molecule has 0 bridgehead atoms. The molecule has 0 saturated carbocycles. The number of esters is 1. The van der Waals surface area contributed by atoms with E-state index in [0.29, 0.717) is 6.42 Å². The van der Waals surface area contributed by atoms with Crippen LogP contribution in [0, 0.1) is 0 Å². The summed E-state index contributed by atoms with van der Waals surface area (Å²) in [6, 6.07) is 0. The summed E-state index contributed by atoms with van der Waals surface area (Å²) >= 11 is 0. The molecule has 0 aliphatic carbocycles. The van der Waals surface area contributed by atoms with Crippen LogP contribution in [0.25, 0.3) is 0 Å². The molecule has 0 aromatic carbocycles. The first-order chi connectivity index (χ1) is 23.1. The van der Waals surface area contributed by atoms with Crippen molar-refractivity contribution in [3.05, 3.63) is 36.5 Å². The third kappa shape index (κ3) is 38.5. The van der Waals surface area contributed by atoms with Gasteiger partial charge in [-0.3, -0.25) is 9.59 Å². The number of unbranched alkanes of at least 4 members (excludes halogenated alkanes) is 22. The van der Waals surface area contributed by atoms with Gasteiger partial charge in [0.2, 0.25) is 0 Å². The van der Waals surface area contributed by atoms with Crippen molar-refractivity contribution in [2.24, 2.45) is 0 Å². The fraction of sp³-hybridized carbons (Fsp3) is 0.814. The first-order valence-electron chi connectivity index (χ1n) is 20.5. The lowest BCUT2D eigenvalue weighted by atomic mass is 10.0. The summed E-state index contributed by atoms with van der Waals surface area (Å²) in [6.45, 7) is 4.53. The molecule has 0 spiro atoms. The minimum atomic E-state index is -0.705. The zero-order valence-electron chi connectivity index (χ0n) is 31.3. The molecule has 47 heavy (non-hydrogen) atoms. The predicted molar refractivity (Wildman–Crippen MR) is 204 cm³/mol. The van der Waals surface area contributed by atoms with Crippen LogP contribution in [0.5, 0.6) is 0 Å². The quantitative estimate of drug-likeness (QED) is 0.0410. The van der Waals surface area contributed by atoms with Crippen molar-refractivity contribution in [1.82, 2.24) is 0 Å². The van der Waals surface area contributed by atoms with Crippen molar-refractivity contribution < 1.29 is 19.4 Å². The van der Waals surface area contributed by atoms with E-state index in [1.807, 2.05) is 0 Å². The summed E-state index contributed by atoms with van der Waals surface area (Å²) in [7, 11) is 0. The smallest absolute Gasteiger partial charge is 0.306 e. The molecule has 0 rings (SSSR count). The first-order valence-corrected chi connectivity index (χ1v) is 20.5. The molecule has 4 heteroatoms. The molecular formula is C43H78O4. The van der Waals surface area contributed by atoms with E-state index < -0.39 is 5.97 Å². The molecule has 0 amide bonds. The number of hydrogen-bond acceptors (Lipinski definition) is 3. The number of allylic oxidation sites excluding steroid dienone is 6. The number of ether oxygens (including phenoxy) is 1. The van der Waals surface area contributed by atoms with Crippen LogP contribution in [0.1, 0.15) is 219 Å². The van der Waals surface area contributed by atoms with Crippen molar-refractivity contribution in [1.29, 1.82) is 0 Å². The van der Waals surface area contributed by atoms with Crippen molar-refractivity contribution in [3.63, 3.8) is 0 Å². The molecular weight excluding hydrogens is 580 g/mol. The highest BCUT2D eigenvalue weighted by Crippen LogP contribution is 2.18. The van der Waals surface area contributed by atoms with Gasteiger partial charge in [0.05, 0.1) is 0 Å². The van der Waals surface area contributed by atoms with Gasteiger partial charge in [-0.1, -0.05) is 147 Å². The highest BCUT2D eigenvalue weighted by atomic mass is 16.5. The molecule has 0 aliphatic rings. The third-order valence-electron chi connectivity index (χ3n) is 9.08. The molecule has 0 radical (unpaired) electrons. The van der Waals surface area contributed by atoms with Crippen LogP contribution >= 0.6 is 0 Å². The van der Waals surface area contributed by atoms with Crippen LogP contribution in [0.3, 0.4) is 0 Å². The Morgan fingerprint density at radius 2 is 0.830 bits per heavy atom. The Morgan fingerprint density at radius 1 is 0.468 bits per heavy atom. The van der Waals surface area contributed by atoms with Gasteiger partial charge >= 0.3 is 11.9 Å². The number of carbonyl (C=O) groups excluding carboxylic acids is 1. The van der Waals surface area contributed by atoms with Gasteiger partial charge in [0.1, 0.15) is 6.10 Å². The standard InChI is InChI=1S/C43H78O4/c1-3-5-7-9-11-13-15-17-19-20-22-24-26-29-33-37-41(38-34-30-28-31-35-39-42(44)45)47-43(46)40-36-32-27-25-23-21-18-16-14-12-10-8-6-4-2/h15-18,20,22,41H,3-14,19,21,23-40H2,1-2H3,(H,44,45)/b17-15-,18-16-,22-20-. The number of carboxylic acids is 1. The molecule has 0 aromatic rings. The van der Waals surface area contributed by atoms with Gasteiger partial charge in [0.15, 0.2) is 0 Å². The lowest BCUT2D eigenvalue weighted by Crippen LogP contribution is -2.18. The Morgan fingerprint density at radius 3 is 1.30 bits per heavy atom. The Labute approximate surface area is 292 Å². The molecule has 0 heterocycles. The fourth-order valence-corrected chi connectivity index (χ4v) is 6.03. The van der Waals surface area contributed by atoms with E-state index in [4.69, 9.17) is 9.84 Å². The second kappa shape index (κ2) is 38.6. The van der Waals surface area contributed by atoms with E-state index in [0.717, 1.165) is 77.0 Å². The Hall–Kier alpha value is -1.84. The molecule has 274 valence electrons. The van der Waals surface area contributed by atoms with Crippen molar-refractivity contribution >= 4 is 11.9 Å². The van der Waals surface area contributed by atoms with Gasteiger partial charge in [0, 0.05) is 12.8 Å². The summed E-state index contributed by atoms with van der Waals surface area (Å²) in [5.41, 5.74) is 0. The summed E-state index contributed by atoms with van der Waals surface area (Å²) < 4.78 is 5.99. The number of rotatable bonds is 37. The third-order valence-corrected chi connectivity index (χ3v) is 9.08. The number of carboxylic acid groups (broad SMARTS) is 1. The fourth-order valence-electron chi connectivity index (χ4n) is 6.03. The zero-order chi connectivity index (χ0) is 34.3. The van der Waals surface area contributed by atoms with Gasteiger partial charge < -0.3 is 9.84 Å². The maximum Gasteiger partial charge on any atom is 0.306 e. The molecule has 1 N–H and O–H groups in total. The maximum absolute atomic E-state index is 12.7. The van der Waals surface area contributed by atoms with Gasteiger partial charge in [0.25, 0.3) is 0 Å². The second-order valence-corrected chi connectivity index (χ2v) is 13.8. The van der Waals surface area contributed by atoms with Gasteiger partial charge in [-0.15, -0.1) is 0 Å². The molecule has 0 saturated heterocycles. The number of hydrogen-bond donors (Lipinski definition) is 1. The van der Waals surface area contributed by atoms with Crippen LogP contribution in [-0.4, -0.2) is 23.1 Å². The SMILES string of the molecule is CCCCCCC/C=C\C/C=C\CCCCCC(CCCCCCCC(=O)O)OC(=O)CCCCCCC/C=C\CCCCCCC. The zero-order valence-corrected chi connectivity index (χ0v) is 31.3. The largest absolute Gasteiger partial charge is 0.481 e. The highest BCUT2D eigenvalue weighted by molar-refractivity contribution is 5.69. The van der Waals surface area contributed by atoms with E-state index >= 15 is 0 Å². The van der Waals surface area contributed by atoms with Gasteiger partial charge in [-0.25, -0.2) is 0 Å². The normalized spacial score (nSPS) is 12.6. The molecule has 4 nitrogen and oxygen atoms in total. The van der Waals surface area contributed by atoms with Crippen LogP contribution in [0.4, 0.5) is 0 Å². The maximum atomic E-state index is 12.7. The molecule has 1 unspecified atom stereocenters. The van der Waals surface area contributed by atoms with Gasteiger partial charge in [-0.2, -0.15) is 0 Å². The average Bonchev–Trinajstić information content (AvgIpc) is 3.05. The molecule has 0 fully saturated rings. The minimum Gasteiger partial charge on any atom is -0.481 e. The van der Waals surface area contributed by atoms with E-state index in [1.54, 1.807) is 0 Å². The Kier molecular flexibility index (Phi) is 37.1. The van der Waals surface area contributed by atoms with Crippen LogP contribution < -0.4 is 0 Å². The summed E-state index contributed by atoms with van der Waals surface area (Å²) in [5, 5.41) is 8.82. The molecule has 0 aliphatic heterocycles. The summed E-state index contributed by atoms with van der Waals surface area (Å²) in [6.07, 6.45) is 50.2. The van der Waals surface area contributed by atoms with E-state index in [1.165, 1.54) is 116 Å². The minimum absolute atomic E-state index is 0.0183. The summed E-state index contributed by atoms with van der Waals surface area (Å²) in [4.78, 5) is 23.4. The summed E-state index contributed by atoms with van der Waals surface area (Å²) in [5.74, 6) is -0.723.